The molecule has 0 heterocycles. The van der Waals surface area contributed by atoms with E-state index in [1.54, 1.807) is 20.8 Å². The van der Waals surface area contributed by atoms with Gasteiger partial charge in [0.25, 0.3) is 0 Å². The fourth-order valence-corrected chi connectivity index (χ4v) is 12.6. The molecule has 3 fully saturated rings. The van der Waals surface area contributed by atoms with E-state index >= 15 is 4.39 Å². The van der Waals surface area contributed by atoms with Gasteiger partial charge in [-0.1, -0.05) is 74.0 Å². The molecule has 3 saturated carbocycles. The van der Waals surface area contributed by atoms with E-state index in [1.807, 2.05) is 48.5 Å². The number of ketones is 2. The monoisotopic (exact) mass is 817 g/mol. The van der Waals surface area contributed by atoms with Gasteiger partial charge in [0.05, 0.1) is 12.7 Å². The van der Waals surface area contributed by atoms with Crippen LogP contribution in [0.2, 0.25) is 0 Å². The molecular weight excluding hydrogens is 771 g/mol. The molecule has 2 unspecified atom stereocenters. The molecule has 5 aliphatic rings. The molecule has 0 bridgehead atoms. The van der Waals surface area contributed by atoms with Crippen molar-refractivity contribution in [3.05, 3.63) is 83.5 Å². The van der Waals surface area contributed by atoms with Crippen molar-refractivity contribution in [2.24, 2.45) is 28.6 Å². The highest BCUT2D eigenvalue weighted by atomic mass is 31.3. The summed E-state index contributed by atoms with van der Waals surface area (Å²) < 4.78 is 62.0. The van der Waals surface area contributed by atoms with Crippen LogP contribution in [-0.2, 0) is 36.8 Å². The van der Waals surface area contributed by atoms with Crippen molar-refractivity contribution < 1.29 is 66.0 Å². The molecule has 2 aromatic carbocycles. The number of halogens is 1. The number of nitrogens with one attached hydrogen (secondary N) is 1. The van der Waals surface area contributed by atoms with Crippen LogP contribution in [0.15, 0.2) is 72.3 Å². The Labute approximate surface area is 323 Å². The van der Waals surface area contributed by atoms with Crippen LogP contribution in [0.3, 0.4) is 0 Å². The van der Waals surface area contributed by atoms with Gasteiger partial charge in [-0.3, -0.25) is 18.6 Å². The number of phosphoric acid groups is 2. The Morgan fingerprint density at radius 2 is 1.61 bits per heavy atom. The van der Waals surface area contributed by atoms with E-state index in [9.17, 15) is 43.5 Å². The van der Waals surface area contributed by atoms with Crippen molar-refractivity contribution in [3.8, 4) is 11.1 Å². The summed E-state index contributed by atoms with van der Waals surface area (Å²) >= 11 is 0. The molecule has 0 aliphatic heterocycles. The van der Waals surface area contributed by atoms with E-state index in [0.717, 1.165) is 22.3 Å². The van der Waals surface area contributed by atoms with E-state index in [-0.39, 0.29) is 44.1 Å². The predicted octanol–water partition coefficient (Wildman–Crippen LogP) is 5.69. The number of aliphatic hydroxyl groups excluding tert-OH is 1. The Balaban J connectivity index is 0.912. The summed E-state index contributed by atoms with van der Waals surface area (Å²) in [5.41, 5.74) is -2.44. The lowest BCUT2D eigenvalue weighted by molar-refractivity contribution is -0.219. The molecule has 7 rings (SSSR count). The number of fused-ring (bicyclic) bond motifs is 8. The molecule has 17 heteroatoms. The lowest BCUT2D eigenvalue weighted by Crippen LogP contribution is -2.69. The molecule has 302 valence electrons. The fourth-order valence-electron chi connectivity index (χ4n) is 10.5. The zero-order valence-electron chi connectivity index (χ0n) is 31.1. The minimum absolute atomic E-state index is 0.0240. The predicted molar refractivity (Wildman–Crippen MR) is 199 cm³/mol. The molecule has 10 atom stereocenters. The van der Waals surface area contributed by atoms with Crippen molar-refractivity contribution in [2.75, 3.05) is 26.4 Å². The van der Waals surface area contributed by atoms with Crippen molar-refractivity contribution in [1.29, 1.82) is 0 Å². The average Bonchev–Trinajstić information content (AvgIpc) is 3.56. The number of aliphatic hydroxyl groups is 2. The molecule has 5 N–H and O–H groups in total. The van der Waals surface area contributed by atoms with Crippen LogP contribution in [-0.4, -0.2) is 81.4 Å². The van der Waals surface area contributed by atoms with Gasteiger partial charge in [-0.15, -0.1) is 0 Å². The Morgan fingerprint density at radius 1 is 0.982 bits per heavy atom. The highest BCUT2D eigenvalue weighted by Gasteiger charge is 2.75. The number of carbonyl (C=O) groups excluding carboxylic acids is 3. The molecule has 0 saturated heterocycles. The lowest BCUT2D eigenvalue weighted by Gasteiger charge is -2.62. The Bertz CT molecular complexity index is 2070. The van der Waals surface area contributed by atoms with Crippen LogP contribution in [0.5, 0.6) is 0 Å². The van der Waals surface area contributed by atoms with Gasteiger partial charge in [0.15, 0.2) is 17.2 Å². The Morgan fingerprint density at radius 3 is 2.27 bits per heavy atom. The number of Topliss-reactive ketones (excluding diaryl/α,β-unsaturated/α-hetero) is 1. The Kier molecular flexibility index (Phi) is 10.6. The molecule has 0 aromatic heterocycles. The number of rotatable bonds is 12. The van der Waals surface area contributed by atoms with E-state index in [2.05, 4.69) is 9.63 Å². The first-order valence-corrected chi connectivity index (χ1v) is 21.6. The fraction of sp³-hybridized carbons (Fsp3) is 0.513. The number of hydrogen-bond acceptors (Lipinski definition) is 11. The van der Waals surface area contributed by atoms with Crippen LogP contribution in [0.25, 0.3) is 11.1 Å². The SMILES string of the molecule is C[C@@H]1C[C@H]2[C@@H]3CCC4=CC(=O)C=C[C@]4(C)[C@@]3(F)[C@@H](O)C[C@]2(C)[C@@]1(O)C(=O)COP(=O)(O)OP(=O)(O)OCCNC(=O)OCC1c2ccccc2-c2ccccc21. The summed E-state index contributed by atoms with van der Waals surface area (Å²) in [4.78, 5) is 58.7. The van der Waals surface area contributed by atoms with Crippen LogP contribution in [0, 0.1) is 28.6 Å². The minimum atomic E-state index is -5.47. The van der Waals surface area contributed by atoms with Crippen LogP contribution in [0.4, 0.5) is 9.18 Å². The number of benzene rings is 2. The van der Waals surface area contributed by atoms with Crippen LogP contribution < -0.4 is 5.32 Å². The zero-order valence-corrected chi connectivity index (χ0v) is 32.9. The maximum absolute atomic E-state index is 17.4. The molecule has 5 aliphatic carbocycles. The van der Waals surface area contributed by atoms with E-state index in [0.29, 0.717) is 12.0 Å². The molecule has 14 nitrogen and oxygen atoms in total. The van der Waals surface area contributed by atoms with Gasteiger partial charge >= 0.3 is 21.7 Å². The van der Waals surface area contributed by atoms with Gasteiger partial charge < -0.3 is 30.1 Å². The van der Waals surface area contributed by atoms with Crippen LogP contribution >= 0.6 is 15.6 Å². The summed E-state index contributed by atoms with van der Waals surface area (Å²) in [6, 6.07) is 15.6. The highest BCUT2D eigenvalue weighted by Crippen LogP contribution is 2.71. The number of allylic oxidation sites excluding steroid dienone is 4. The third kappa shape index (κ3) is 6.59. The quantitative estimate of drug-likeness (QED) is 0.129. The first-order valence-electron chi connectivity index (χ1n) is 18.6. The topological polar surface area (TPSA) is 215 Å². The van der Waals surface area contributed by atoms with E-state index < -0.39 is 86.7 Å². The number of phosphoric ester groups is 2. The largest absolute Gasteiger partial charge is 0.481 e. The summed E-state index contributed by atoms with van der Waals surface area (Å²) in [6.07, 6.45) is 2.21. The molecule has 0 spiro atoms. The average molecular weight is 818 g/mol. The van der Waals surface area contributed by atoms with Crippen molar-refractivity contribution in [2.45, 2.75) is 69.7 Å². The number of amides is 1. The molecule has 2 aromatic rings. The molecule has 0 radical (unpaired) electrons. The normalized spacial score (nSPS) is 35.1. The van der Waals surface area contributed by atoms with Gasteiger partial charge in [0.1, 0.15) is 18.8 Å². The standard InChI is InChI=1S/C39H46FNO13P2/c1-23-18-32-31-13-12-24-19-25(42)14-15-36(24,2)38(31,40)33(43)20-37(32,3)39(23,46)34(44)22-53-56(49,50)54-55(47,48)52-17-16-41-35(45)51-21-30-28-10-6-4-8-26(28)27-9-5-7-11-29(27)30/h4-11,14-15,19,23,30-33,43,46H,12-13,16-18,20-22H2,1-3H3,(H,41,45)(H,47,48)(H,49,50)/t23-,31+,32+,33+,36+,37+,38+,39+/m1/s1. The summed E-state index contributed by atoms with van der Waals surface area (Å²) in [5, 5.41) is 26.0. The maximum atomic E-state index is 17.4. The second kappa shape index (κ2) is 14.5. The van der Waals surface area contributed by atoms with Gasteiger partial charge in [-0.2, -0.15) is 4.31 Å². The second-order valence-corrected chi connectivity index (χ2v) is 19.0. The maximum Gasteiger partial charge on any atom is 0.481 e. The van der Waals surface area contributed by atoms with Gasteiger partial charge in [0, 0.05) is 29.2 Å². The van der Waals surface area contributed by atoms with Crippen molar-refractivity contribution >= 4 is 33.3 Å². The number of alkyl halides is 1. The Hall–Kier alpha value is -3.36. The van der Waals surface area contributed by atoms with Gasteiger partial charge in [-0.05, 0) is 78.8 Å². The number of alkyl carbamates (subject to hydrolysis) is 1. The second-order valence-electron chi connectivity index (χ2n) is 16.0. The summed E-state index contributed by atoms with van der Waals surface area (Å²) in [5.74, 6) is -3.72. The number of carbonyl (C=O) groups is 3. The summed E-state index contributed by atoms with van der Waals surface area (Å²) in [6.45, 7) is 2.63. The number of hydrogen-bond donors (Lipinski definition) is 5. The third-order valence-electron chi connectivity index (χ3n) is 13.2. The van der Waals surface area contributed by atoms with E-state index in [1.165, 1.54) is 18.2 Å². The van der Waals surface area contributed by atoms with E-state index in [4.69, 9.17) is 13.8 Å². The highest BCUT2D eigenvalue weighted by molar-refractivity contribution is 7.61. The molecular formula is C39H46FNO13P2. The minimum Gasteiger partial charge on any atom is -0.449 e. The van der Waals surface area contributed by atoms with Crippen molar-refractivity contribution in [3.63, 3.8) is 0 Å². The first-order chi connectivity index (χ1) is 26.3. The molecule has 56 heavy (non-hydrogen) atoms. The lowest BCUT2D eigenvalue weighted by atomic mass is 9.44. The van der Waals surface area contributed by atoms with Gasteiger partial charge in [-0.25, -0.2) is 18.3 Å². The zero-order chi connectivity index (χ0) is 40.5. The first kappa shape index (κ1) is 40.8. The molecule has 1 amide bonds. The summed E-state index contributed by atoms with van der Waals surface area (Å²) in [7, 11) is -10.8. The third-order valence-corrected chi connectivity index (χ3v) is 15.8. The smallest absolute Gasteiger partial charge is 0.449 e. The van der Waals surface area contributed by atoms with Crippen molar-refractivity contribution in [1.82, 2.24) is 5.32 Å². The van der Waals surface area contributed by atoms with Crippen LogP contribution in [0.1, 0.15) is 63.5 Å². The van der Waals surface area contributed by atoms with Gasteiger partial charge in [0.2, 0.25) is 0 Å². The number of ether oxygens (including phenoxy) is 1.